The molecule has 0 unspecified atom stereocenters. The van der Waals surface area contributed by atoms with E-state index in [2.05, 4.69) is 23.0 Å². The molecule has 0 saturated heterocycles. The van der Waals surface area contributed by atoms with Crippen molar-refractivity contribution in [1.29, 1.82) is 0 Å². The zero-order valence-electron chi connectivity index (χ0n) is 5.93. The highest BCUT2D eigenvalue weighted by atomic mass is 15.4. The molecule has 2 heteroatoms. The molecule has 1 radical (unpaired) electrons. The summed E-state index contributed by atoms with van der Waals surface area (Å²) in [6, 6.07) is 0. The summed E-state index contributed by atoms with van der Waals surface area (Å²) in [7, 11) is 0. The van der Waals surface area contributed by atoms with Crippen molar-refractivity contribution in [2.24, 2.45) is 0 Å². The molecule has 2 rings (SSSR count). The van der Waals surface area contributed by atoms with Crippen molar-refractivity contribution in [1.82, 2.24) is 10.9 Å². The highest BCUT2D eigenvalue weighted by Crippen LogP contribution is 2.21. The zero-order chi connectivity index (χ0) is 6.81. The fourth-order valence-electron chi connectivity index (χ4n) is 1.41. The van der Waals surface area contributed by atoms with Gasteiger partial charge in [-0.05, 0) is 18.4 Å². The van der Waals surface area contributed by atoms with Gasteiger partial charge in [0.25, 0.3) is 0 Å². The average molecular weight is 135 g/mol. The molecular weight excluding hydrogens is 124 g/mol. The molecule has 0 fully saturated rings. The van der Waals surface area contributed by atoms with E-state index in [0.29, 0.717) is 0 Å². The van der Waals surface area contributed by atoms with Gasteiger partial charge < -0.3 is 5.43 Å². The van der Waals surface area contributed by atoms with E-state index in [1.165, 1.54) is 5.70 Å². The maximum atomic E-state index is 4.12. The van der Waals surface area contributed by atoms with E-state index in [1.807, 2.05) is 0 Å². The molecule has 0 amide bonds. The molecule has 1 aliphatic heterocycles. The number of nitrogens with one attached hydrogen (secondary N) is 1. The van der Waals surface area contributed by atoms with Crippen LogP contribution in [0.2, 0.25) is 0 Å². The van der Waals surface area contributed by atoms with Crippen LogP contribution < -0.4 is 10.9 Å². The molecule has 2 aliphatic rings. The SMILES string of the molecule is C1=CCC2=C(C1)CC[N]N2. The van der Waals surface area contributed by atoms with Crippen LogP contribution in [-0.2, 0) is 0 Å². The first kappa shape index (κ1) is 5.98. The van der Waals surface area contributed by atoms with Crippen molar-refractivity contribution in [3.63, 3.8) is 0 Å². The van der Waals surface area contributed by atoms with Gasteiger partial charge >= 0.3 is 0 Å². The summed E-state index contributed by atoms with van der Waals surface area (Å²) in [5, 5.41) is 0. The molecule has 0 aromatic carbocycles. The molecule has 1 heterocycles. The Hall–Kier alpha value is -0.760. The van der Waals surface area contributed by atoms with Crippen LogP contribution in [-0.4, -0.2) is 6.54 Å². The second-order valence-corrected chi connectivity index (χ2v) is 2.71. The quantitative estimate of drug-likeness (QED) is 0.495. The molecule has 0 aromatic heterocycles. The fourth-order valence-corrected chi connectivity index (χ4v) is 1.41. The highest BCUT2D eigenvalue weighted by molar-refractivity contribution is 5.24. The first-order chi connectivity index (χ1) is 4.97. The number of rotatable bonds is 0. The lowest BCUT2D eigenvalue weighted by Gasteiger charge is -2.22. The molecule has 0 saturated carbocycles. The lowest BCUT2D eigenvalue weighted by Crippen LogP contribution is -2.31. The van der Waals surface area contributed by atoms with Crippen molar-refractivity contribution in [3.8, 4) is 0 Å². The van der Waals surface area contributed by atoms with Crippen molar-refractivity contribution >= 4 is 0 Å². The van der Waals surface area contributed by atoms with Gasteiger partial charge in [-0.25, -0.2) is 0 Å². The van der Waals surface area contributed by atoms with Crippen molar-refractivity contribution in [3.05, 3.63) is 23.4 Å². The molecule has 0 atom stereocenters. The molecule has 10 heavy (non-hydrogen) atoms. The minimum absolute atomic E-state index is 0.951. The molecule has 2 nitrogen and oxygen atoms in total. The van der Waals surface area contributed by atoms with Gasteiger partial charge in [-0.1, -0.05) is 12.2 Å². The van der Waals surface area contributed by atoms with Crippen LogP contribution in [0.1, 0.15) is 19.3 Å². The van der Waals surface area contributed by atoms with Crippen molar-refractivity contribution < 1.29 is 0 Å². The summed E-state index contributed by atoms with van der Waals surface area (Å²) in [5.74, 6) is 0. The Balaban J connectivity index is 2.17. The zero-order valence-corrected chi connectivity index (χ0v) is 5.93. The van der Waals surface area contributed by atoms with E-state index in [4.69, 9.17) is 0 Å². The van der Waals surface area contributed by atoms with E-state index >= 15 is 0 Å². The highest BCUT2D eigenvalue weighted by Gasteiger charge is 2.12. The summed E-state index contributed by atoms with van der Waals surface area (Å²) in [6.45, 7) is 0.951. The van der Waals surface area contributed by atoms with Crippen LogP contribution in [0.15, 0.2) is 23.4 Å². The van der Waals surface area contributed by atoms with Gasteiger partial charge in [0.05, 0.1) is 0 Å². The lowest BCUT2D eigenvalue weighted by atomic mass is 9.99. The van der Waals surface area contributed by atoms with Gasteiger partial charge in [0.1, 0.15) is 0 Å². The lowest BCUT2D eigenvalue weighted by molar-refractivity contribution is 0.526. The van der Waals surface area contributed by atoms with Gasteiger partial charge in [-0.3, -0.25) is 0 Å². The van der Waals surface area contributed by atoms with Crippen LogP contribution in [0.3, 0.4) is 0 Å². The predicted octanol–water partition coefficient (Wildman–Crippen LogP) is 1.10. The number of hydrogen-bond donors (Lipinski definition) is 1. The Morgan fingerprint density at radius 1 is 1.30 bits per heavy atom. The van der Waals surface area contributed by atoms with E-state index in [0.717, 1.165) is 25.8 Å². The summed E-state index contributed by atoms with van der Waals surface area (Å²) in [6.07, 6.45) is 7.79. The normalized spacial score (nSPS) is 24.0. The maximum absolute atomic E-state index is 4.12. The summed E-state index contributed by atoms with van der Waals surface area (Å²) >= 11 is 0. The van der Waals surface area contributed by atoms with E-state index in [-0.39, 0.29) is 0 Å². The molecule has 0 bridgehead atoms. The number of nitrogens with zero attached hydrogens (tertiary/aromatic N) is 1. The third-order valence-electron chi connectivity index (χ3n) is 2.02. The fraction of sp³-hybridized carbons (Fsp3) is 0.500. The molecular formula is C8H11N2. The first-order valence-corrected chi connectivity index (χ1v) is 3.75. The Morgan fingerprint density at radius 2 is 2.20 bits per heavy atom. The summed E-state index contributed by atoms with van der Waals surface area (Å²) in [5.41, 5.74) is 10.1. The Bertz CT molecular complexity index is 171. The van der Waals surface area contributed by atoms with Crippen LogP contribution in [0.25, 0.3) is 0 Å². The summed E-state index contributed by atoms with van der Waals surface area (Å²) < 4.78 is 0. The smallest absolute Gasteiger partial charge is 0.0396 e. The van der Waals surface area contributed by atoms with Crippen LogP contribution in [0, 0.1) is 0 Å². The number of hydrogen-bond acceptors (Lipinski definition) is 1. The molecule has 53 valence electrons. The molecule has 0 spiro atoms. The van der Waals surface area contributed by atoms with Gasteiger partial charge in [0, 0.05) is 18.7 Å². The second-order valence-electron chi connectivity index (χ2n) is 2.71. The molecule has 0 aromatic rings. The van der Waals surface area contributed by atoms with Crippen LogP contribution in [0.5, 0.6) is 0 Å². The minimum Gasteiger partial charge on any atom is -0.308 e. The number of allylic oxidation sites excluding steroid dienone is 2. The third kappa shape index (κ3) is 0.948. The van der Waals surface area contributed by atoms with Crippen LogP contribution >= 0.6 is 0 Å². The molecule has 1 N–H and O–H groups in total. The molecule has 1 aliphatic carbocycles. The van der Waals surface area contributed by atoms with E-state index in [9.17, 15) is 0 Å². The third-order valence-corrected chi connectivity index (χ3v) is 2.02. The largest absolute Gasteiger partial charge is 0.308 e. The average Bonchev–Trinajstić information content (AvgIpc) is 2.05. The predicted molar refractivity (Wildman–Crippen MR) is 40.2 cm³/mol. The second kappa shape index (κ2) is 2.46. The van der Waals surface area contributed by atoms with Crippen molar-refractivity contribution in [2.45, 2.75) is 19.3 Å². The Kier molecular flexibility index (Phi) is 1.47. The monoisotopic (exact) mass is 135 g/mol. The standard InChI is InChI=1S/C8H11N2/c1-2-4-8-7(3-1)5-6-9-10-8/h1-2,10H,3-6H2. The minimum atomic E-state index is 0.951. The van der Waals surface area contributed by atoms with Gasteiger partial charge in [0.2, 0.25) is 0 Å². The topological polar surface area (TPSA) is 26.1 Å². The Morgan fingerprint density at radius 3 is 3.10 bits per heavy atom. The summed E-state index contributed by atoms with van der Waals surface area (Å²) in [4.78, 5) is 0. The maximum Gasteiger partial charge on any atom is 0.0396 e. The van der Waals surface area contributed by atoms with Crippen LogP contribution in [0.4, 0.5) is 0 Å². The van der Waals surface area contributed by atoms with Gasteiger partial charge in [0.15, 0.2) is 0 Å². The first-order valence-electron chi connectivity index (χ1n) is 3.75. The van der Waals surface area contributed by atoms with E-state index < -0.39 is 0 Å². The van der Waals surface area contributed by atoms with E-state index in [1.54, 1.807) is 5.57 Å². The van der Waals surface area contributed by atoms with Gasteiger partial charge in [-0.15, -0.1) is 5.43 Å². The Labute approximate surface area is 61.0 Å². The van der Waals surface area contributed by atoms with Crippen molar-refractivity contribution in [2.75, 3.05) is 6.54 Å². The van der Waals surface area contributed by atoms with Gasteiger partial charge in [-0.2, -0.15) is 0 Å².